The molecule has 0 aliphatic carbocycles. The van der Waals surface area contributed by atoms with E-state index < -0.39 is 0 Å². The number of nitrogens with zero attached hydrogens (tertiary/aromatic N) is 3. The van der Waals surface area contributed by atoms with Crippen LogP contribution in [-0.4, -0.2) is 37.1 Å². The minimum absolute atomic E-state index is 0.124. The van der Waals surface area contributed by atoms with Crippen molar-refractivity contribution in [3.63, 3.8) is 0 Å². The highest BCUT2D eigenvalue weighted by Crippen LogP contribution is 2.40. The van der Waals surface area contributed by atoms with Crippen molar-refractivity contribution in [3.8, 4) is 0 Å². The van der Waals surface area contributed by atoms with E-state index in [1.54, 1.807) is 0 Å². The summed E-state index contributed by atoms with van der Waals surface area (Å²) in [4.78, 5) is 19.0. The third-order valence-electron chi connectivity index (χ3n) is 4.76. The summed E-state index contributed by atoms with van der Waals surface area (Å²) < 4.78 is 0. The summed E-state index contributed by atoms with van der Waals surface area (Å²) in [7, 11) is 0. The van der Waals surface area contributed by atoms with Crippen LogP contribution in [0.4, 0.5) is 21.9 Å². The molecule has 2 heterocycles. The minimum atomic E-state index is 0.124. The van der Waals surface area contributed by atoms with Gasteiger partial charge in [0.2, 0.25) is 0 Å². The average Bonchev–Trinajstić information content (AvgIpc) is 3.15. The Hall–Kier alpha value is -2.20. The summed E-state index contributed by atoms with van der Waals surface area (Å²) in [6, 6.07) is 16.0. The fraction of sp³-hybridized carbons (Fsp3) is 0.316. The van der Waals surface area contributed by atoms with Crippen molar-refractivity contribution in [1.29, 1.82) is 0 Å². The average molecular weight is 342 g/mol. The Balaban J connectivity index is 1.70. The van der Waals surface area contributed by atoms with Crippen LogP contribution in [0.5, 0.6) is 0 Å². The van der Waals surface area contributed by atoms with Crippen LogP contribution in [-0.2, 0) is 0 Å². The van der Waals surface area contributed by atoms with Crippen LogP contribution in [0.3, 0.4) is 0 Å². The van der Waals surface area contributed by atoms with Crippen molar-refractivity contribution in [2.45, 2.75) is 12.8 Å². The van der Waals surface area contributed by atoms with E-state index in [1.807, 2.05) is 52.3 Å². The van der Waals surface area contributed by atoms with Crippen molar-refractivity contribution in [2.75, 3.05) is 36.0 Å². The summed E-state index contributed by atoms with van der Waals surface area (Å²) in [6.07, 6.45) is 2.21. The Bertz CT molecular complexity index is 758. The number of para-hydroxylation sites is 3. The van der Waals surface area contributed by atoms with Crippen molar-refractivity contribution >= 4 is 34.7 Å². The summed E-state index contributed by atoms with van der Waals surface area (Å²) in [5.74, 6) is 0. The zero-order chi connectivity index (χ0) is 16.5. The van der Waals surface area contributed by atoms with E-state index in [-0.39, 0.29) is 6.03 Å². The summed E-state index contributed by atoms with van der Waals surface area (Å²) in [6.45, 7) is 3.13. The quantitative estimate of drug-likeness (QED) is 0.762. The van der Waals surface area contributed by atoms with Gasteiger partial charge >= 0.3 is 6.03 Å². The minimum Gasteiger partial charge on any atom is -0.337 e. The molecule has 0 bridgehead atoms. The van der Waals surface area contributed by atoms with Crippen molar-refractivity contribution in [2.24, 2.45) is 0 Å². The van der Waals surface area contributed by atoms with E-state index in [2.05, 4.69) is 11.0 Å². The van der Waals surface area contributed by atoms with Gasteiger partial charge in [-0.25, -0.2) is 4.79 Å². The molecule has 2 aliphatic rings. The number of halogens is 1. The Kier molecular flexibility index (Phi) is 4.07. The molecule has 2 aromatic carbocycles. The molecule has 2 aromatic rings. The molecule has 0 aromatic heterocycles. The monoisotopic (exact) mass is 341 g/mol. The molecule has 24 heavy (non-hydrogen) atoms. The van der Waals surface area contributed by atoms with E-state index in [0.29, 0.717) is 6.54 Å². The molecule has 124 valence electrons. The number of hydrogen-bond donors (Lipinski definition) is 0. The number of benzene rings is 2. The zero-order valence-electron chi connectivity index (χ0n) is 13.5. The lowest BCUT2D eigenvalue weighted by Crippen LogP contribution is -2.48. The Morgan fingerprint density at radius 1 is 0.792 bits per heavy atom. The smallest absolute Gasteiger partial charge is 0.324 e. The highest BCUT2D eigenvalue weighted by atomic mass is 35.5. The van der Waals surface area contributed by atoms with Crippen LogP contribution < -0.4 is 9.80 Å². The molecule has 4 nitrogen and oxygen atoms in total. The first-order valence-electron chi connectivity index (χ1n) is 8.43. The van der Waals surface area contributed by atoms with Crippen LogP contribution in [0.1, 0.15) is 12.8 Å². The third-order valence-corrected chi connectivity index (χ3v) is 5.08. The number of rotatable bonds is 1. The second-order valence-electron chi connectivity index (χ2n) is 6.22. The Morgan fingerprint density at radius 2 is 1.42 bits per heavy atom. The van der Waals surface area contributed by atoms with Crippen LogP contribution in [0, 0.1) is 0 Å². The van der Waals surface area contributed by atoms with Crippen molar-refractivity contribution < 1.29 is 4.79 Å². The molecule has 0 saturated carbocycles. The van der Waals surface area contributed by atoms with Crippen LogP contribution in [0.2, 0.25) is 5.02 Å². The molecule has 1 saturated heterocycles. The fourth-order valence-electron chi connectivity index (χ4n) is 3.56. The van der Waals surface area contributed by atoms with Gasteiger partial charge in [0.15, 0.2) is 0 Å². The van der Waals surface area contributed by atoms with E-state index in [9.17, 15) is 4.79 Å². The van der Waals surface area contributed by atoms with Gasteiger partial charge in [-0.15, -0.1) is 0 Å². The first-order valence-corrected chi connectivity index (χ1v) is 8.81. The molecule has 5 heteroatoms. The number of anilines is 3. The Morgan fingerprint density at radius 3 is 2.12 bits per heavy atom. The lowest BCUT2D eigenvalue weighted by Gasteiger charge is -2.39. The molecule has 0 unspecified atom stereocenters. The van der Waals surface area contributed by atoms with E-state index in [4.69, 9.17) is 11.6 Å². The predicted molar refractivity (Wildman–Crippen MR) is 98.4 cm³/mol. The number of amides is 2. The largest absolute Gasteiger partial charge is 0.337 e. The highest BCUT2D eigenvalue weighted by Gasteiger charge is 2.31. The highest BCUT2D eigenvalue weighted by molar-refractivity contribution is 6.33. The Labute approximate surface area is 147 Å². The number of urea groups is 1. The number of hydrogen-bond acceptors (Lipinski definition) is 2. The van der Waals surface area contributed by atoms with Gasteiger partial charge in [-0.3, -0.25) is 4.90 Å². The summed E-state index contributed by atoms with van der Waals surface area (Å²) in [5, 5.41) is 0.728. The first-order chi connectivity index (χ1) is 11.8. The number of likely N-dealkylation sites (tertiary alicyclic amines) is 1. The molecule has 0 N–H and O–H groups in total. The SMILES string of the molecule is O=C(N1CCCC1)N1CCN(c2ccccc2Cl)c2ccccc21. The number of carbonyl (C=O) groups is 1. The number of carbonyl (C=O) groups excluding carboxylic acids is 1. The number of fused-ring (bicyclic) bond motifs is 1. The fourth-order valence-corrected chi connectivity index (χ4v) is 3.80. The second kappa shape index (κ2) is 6.36. The molecule has 0 spiro atoms. The topological polar surface area (TPSA) is 26.8 Å². The molecular weight excluding hydrogens is 322 g/mol. The zero-order valence-corrected chi connectivity index (χ0v) is 14.2. The van der Waals surface area contributed by atoms with Crippen LogP contribution in [0.15, 0.2) is 48.5 Å². The lowest BCUT2D eigenvalue weighted by atomic mass is 10.1. The van der Waals surface area contributed by atoms with Gasteiger partial charge in [-0.05, 0) is 37.1 Å². The normalized spacial score (nSPS) is 17.1. The maximum absolute atomic E-state index is 12.9. The molecule has 2 amide bonds. The maximum Gasteiger partial charge on any atom is 0.324 e. The van der Waals surface area contributed by atoms with Gasteiger partial charge < -0.3 is 9.80 Å². The standard InChI is InChI=1S/C19H20ClN3O/c20-15-7-1-2-8-16(15)22-13-14-23(18-10-4-3-9-17(18)22)19(24)21-11-5-6-12-21/h1-4,7-10H,5-6,11-14H2. The van der Waals surface area contributed by atoms with Crippen LogP contribution in [0.25, 0.3) is 0 Å². The summed E-state index contributed by atoms with van der Waals surface area (Å²) >= 11 is 6.40. The van der Waals surface area contributed by atoms with E-state index >= 15 is 0 Å². The van der Waals surface area contributed by atoms with Gasteiger partial charge in [0.05, 0.1) is 22.1 Å². The van der Waals surface area contributed by atoms with Gasteiger partial charge in [-0.2, -0.15) is 0 Å². The molecule has 0 radical (unpaired) electrons. The van der Waals surface area contributed by atoms with Gasteiger partial charge in [0.1, 0.15) is 0 Å². The van der Waals surface area contributed by atoms with Gasteiger partial charge in [-0.1, -0.05) is 35.9 Å². The summed E-state index contributed by atoms with van der Waals surface area (Å²) in [5.41, 5.74) is 2.98. The molecule has 0 atom stereocenters. The third kappa shape index (κ3) is 2.61. The van der Waals surface area contributed by atoms with Gasteiger partial charge in [0, 0.05) is 26.2 Å². The van der Waals surface area contributed by atoms with Gasteiger partial charge in [0.25, 0.3) is 0 Å². The van der Waals surface area contributed by atoms with Crippen molar-refractivity contribution in [3.05, 3.63) is 53.6 Å². The van der Waals surface area contributed by atoms with E-state index in [1.165, 1.54) is 0 Å². The molecular formula is C19H20ClN3O. The molecule has 2 aliphatic heterocycles. The predicted octanol–water partition coefficient (Wildman–Crippen LogP) is 4.51. The molecule has 1 fully saturated rings. The second-order valence-corrected chi connectivity index (χ2v) is 6.63. The van der Waals surface area contributed by atoms with Crippen molar-refractivity contribution in [1.82, 2.24) is 4.90 Å². The first kappa shape index (κ1) is 15.3. The molecule has 4 rings (SSSR count). The van der Waals surface area contributed by atoms with E-state index in [0.717, 1.165) is 54.6 Å². The maximum atomic E-state index is 12.9. The van der Waals surface area contributed by atoms with Crippen LogP contribution >= 0.6 is 11.6 Å². The lowest BCUT2D eigenvalue weighted by molar-refractivity contribution is 0.215.